The molecule has 0 aliphatic heterocycles. The van der Waals surface area contributed by atoms with Gasteiger partial charge in [-0.1, -0.05) is 65.0 Å². The molecule has 10 nitrogen and oxygen atoms in total. The number of unbranched alkanes of at least 4 members (excludes halogenated alkanes) is 5. The fraction of sp³-hybridized carbons (Fsp3) is 0.655. The van der Waals surface area contributed by atoms with Crippen LogP contribution in [0.15, 0.2) is 24.3 Å². The molecule has 1 aromatic carbocycles. The smallest absolute Gasteiger partial charge is 0.408 e. The van der Waals surface area contributed by atoms with Crippen LogP contribution in [-0.2, 0) is 23.9 Å². The molecule has 3 amide bonds. The summed E-state index contributed by atoms with van der Waals surface area (Å²) in [4.78, 5) is 53.4. The van der Waals surface area contributed by atoms with Gasteiger partial charge >= 0.3 is 12.1 Å². The largest absolute Gasteiger partial charge is 0.508 e. The maximum Gasteiger partial charge on any atom is 0.408 e. The Morgan fingerprint density at radius 3 is 2.10 bits per heavy atom. The first-order chi connectivity index (χ1) is 18.3. The van der Waals surface area contributed by atoms with Gasteiger partial charge in [0.25, 0.3) is 0 Å². The zero-order valence-corrected chi connectivity index (χ0v) is 24.5. The first kappa shape index (κ1) is 33.7. The van der Waals surface area contributed by atoms with Crippen molar-refractivity contribution < 1.29 is 33.8 Å². The topological polar surface area (TPSA) is 134 Å². The number of hydrogen-bond acceptors (Lipinski definition) is 7. The summed E-state index contributed by atoms with van der Waals surface area (Å²) < 4.78 is 10.0. The summed E-state index contributed by atoms with van der Waals surface area (Å²) in [6, 6.07) is 3.91. The van der Waals surface area contributed by atoms with Gasteiger partial charge in [-0.2, -0.15) is 0 Å². The minimum atomic E-state index is -1.11. The van der Waals surface area contributed by atoms with Crippen molar-refractivity contribution in [2.75, 3.05) is 20.2 Å². The fourth-order valence-corrected chi connectivity index (χ4v) is 4.01. The number of aromatic hydroxyl groups is 1. The van der Waals surface area contributed by atoms with E-state index in [9.17, 15) is 24.3 Å². The predicted molar refractivity (Wildman–Crippen MR) is 149 cm³/mol. The molecule has 10 heteroatoms. The van der Waals surface area contributed by atoms with E-state index in [2.05, 4.69) is 22.3 Å². The molecule has 39 heavy (non-hydrogen) atoms. The third kappa shape index (κ3) is 12.4. The Balaban J connectivity index is 3.40. The van der Waals surface area contributed by atoms with Crippen LogP contribution < -0.4 is 10.6 Å². The van der Waals surface area contributed by atoms with Crippen molar-refractivity contribution >= 4 is 23.9 Å². The summed E-state index contributed by atoms with van der Waals surface area (Å²) in [5.74, 6) is -1.96. The number of carbonyl (C=O) groups excluding carboxylic acids is 4. The molecule has 0 radical (unpaired) electrons. The number of hydrogen-bond donors (Lipinski definition) is 3. The first-order valence-corrected chi connectivity index (χ1v) is 13.7. The van der Waals surface area contributed by atoms with E-state index in [1.165, 1.54) is 24.1 Å². The van der Waals surface area contributed by atoms with Gasteiger partial charge in [0.1, 0.15) is 30.0 Å². The van der Waals surface area contributed by atoms with Crippen LogP contribution in [0.25, 0.3) is 0 Å². The van der Waals surface area contributed by atoms with E-state index in [1.807, 2.05) is 0 Å². The van der Waals surface area contributed by atoms with Gasteiger partial charge in [0.05, 0.1) is 7.11 Å². The van der Waals surface area contributed by atoms with Crippen molar-refractivity contribution in [3.63, 3.8) is 0 Å². The van der Waals surface area contributed by atoms with Crippen molar-refractivity contribution in [2.45, 2.75) is 97.8 Å². The normalized spacial score (nSPS) is 12.8. The van der Waals surface area contributed by atoms with E-state index in [0.717, 1.165) is 32.1 Å². The molecule has 0 bridgehead atoms. The van der Waals surface area contributed by atoms with Crippen LogP contribution in [0.1, 0.15) is 91.7 Å². The van der Waals surface area contributed by atoms with Gasteiger partial charge in [0, 0.05) is 6.54 Å². The van der Waals surface area contributed by atoms with Crippen LogP contribution >= 0.6 is 0 Å². The number of carbonyl (C=O) groups is 4. The molecule has 0 spiro atoms. The molecule has 0 aromatic heterocycles. The summed E-state index contributed by atoms with van der Waals surface area (Å²) in [5, 5.41) is 15.1. The van der Waals surface area contributed by atoms with Gasteiger partial charge in [-0.3, -0.25) is 14.4 Å². The fourth-order valence-electron chi connectivity index (χ4n) is 4.01. The summed E-state index contributed by atoms with van der Waals surface area (Å²) in [6.45, 7) is 10.8. The van der Waals surface area contributed by atoms with Gasteiger partial charge in [-0.15, -0.1) is 0 Å². The lowest BCUT2D eigenvalue weighted by Crippen LogP contribution is -2.55. The zero-order chi connectivity index (χ0) is 29.6. The number of phenols is 1. The minimum Gasteiger partial charge on any atom is -0.508 e. The van der Waals surface area contributed by atoms with Gasteiger partial charge in [-0.05, 0) is 50.8 Å². The maximum absolute atomic E-state index is 14.1. The van der Waals surface area contributed by atoms with Gasteiger partial charge < -0.3 is 30.1 Å². The number of amides is 3. The molecular formula is C29H47N3O7. The summed E-state index contributed by atoms with van der Waals surface area (Å²) in [5.41, 5.74) is -0.302. The van der Waals surface area contributed by atoms with E-state index in [-0.39, 0.29) is 24.8 Å². The van der Waals surface area contributed by atoms with Crippen molar-refractivity contribution in [3.05, 3.63) is 29.8 Å². The van der Waals surface area contributed by atoms with Crippen LogP contribution in [0.2, 0.25) is 0 Å². The van der Waals surface area contributed by atoms with Crippen LogP contribution in [0.3, 0.4) is 0 Å². The van der Waals surface area contributed by atoms with Crippen LogP contribution in [0, 0.1) is 5.92 Å². The summed E-state index contributed by atoms with van der Waals surface area (Å²) in [7, 11) is 1.22. The Labute approximate surface area is 232 Å². The molecule has 0 aliphatic rings. The van der Waals surface area contributed by atoms with Crippen LogP contribution in [-0.4, -0.2) is 65.7 Å². The number of nitrogens with zero attached hydrogens (tertiary/aromatic N) is 1. The predicted octanol–water partition coefficient (Wildman–Crippen LogP) is 4.46. The molecule has 0 fully saturated rings. The van der Waals surface area contributed by atoms with Crippen molar-refractivity contribution in [1.82, 2.24) is 15.5 Å². The number of rotatable bonds is 15. The standard InChI is InChI=1S/C29H47N3O7/c1-8-9-10-11-12-13-18-32(27(36)24(20(2)3)31-28(37)39-29(4,5)6)25(21-14-16-22(33)17-15-21)26(35)30-19-23(34)38-7/h14-17,20,24-25,33H,8-13,18-19H2,1-7H3,(H,30,35)(H,31,37). The second kappa shape index (κ2) is 16.6. The van der Waals surface area contributed by atoms with Gasteiger partial charge in [-0.25, -0.2) is 4.79 Å². The van der Waals surface area contributed by atoms with E-state index in [1.54, 1.807) is 46.8 Å². The minimum absolute atomic E-state index is 0.00733. The lowest BCUT2D eigenvalue weighted by Gasteiger charge is -2.35. The summed E-state index contributed by atoms with van der Waals surface area (Å²) >= 11 is 0. The highest BCUT2D eigenvalue weighted by Gasteiger charge is 2.37. The van der Waals surface area contributed by atoms with Crippen molar-refractivity contribution in [3.8, 4) is 5.75 Å². The van der Waals surface area contributed by atoms with Gasteiger partial charge in [0.2, 0.25) is 11.8 Å². The third-order valence-electron chi connectivity index (χ3n) is 6.04. The number of alkyl carbamates (subject to hydrolysis) is 1. The second-order valence-corrected chi connectivity index (χ2v) is 11.0. The Bertz CT molecular complexity index is 926. The lowest BCUT2D eigenvalue weighted by atomic mass is 9.98. The van der Waals surface area contributed by atoms with Crippen molar-refractivity contribution in [1.29, 1.82) is 0 Å². The molecule has 0 saturated heterocycles. The zero-order valence-electron chi connectivity index (χ0n) is 24.5. The number of phenolic OH excluding ortho intramolecular Hbond substituents is 1. The monoisotopic (exact) mass is 549 g/mol. The van der Waals surface area contributed by atoms with Gasteiger partial charge in [0.15, 0.2) is 0 Å². The third-order valence-corrected chi connectivity index (χ3v) is 6.04. The molecule has 2 atom stereocenters. The highest BCUT2D eigenvalue weighted by molar-refractivity contribution is 5.93. The molecular weight excluding hydrogens is 502 g/mol. The van der Waals surface area contributed by atoms with Crippen LogP contribution in [0.4, 0.5) is 4.79 Å². The number of benzene rings is 1. The molecule has 1 aromatic rings. The Morgan fingerprint density at radius 2 is 1.56 bits per heavy atom. The first-order valence-electron chi connectivity index (χ1n) is 13.7. The van der Waals surface area contributed by atoms with E-state index < -0.39 is 41.6 Å². The summed E-state index contributed by atoms with van der Waals surface area (Å²) in [6.07, 6.45) is 5.10. The van der Waals surface area contributed by atoms with E-state index >= 15 is 0 Å². The quantitative estimate of drug-likeness (QED) is 0.217. The molecule has 0 heterocycles. The SMILES string of the molecule is CCCCCCCCN(C(=O)C(NC(=O)OC(C)(C)C)C(C)C)C(C(=O)NCC(=O)OC)c1ccc(O)cc1. The maximum atomic E-state index is 14.1. The number of esters is 1. The number of nitrogens with one attached hydrogen (secondary N) is 2. The number of ether oxygens (including phenoxy) is 2. The molecule has 0 aliphatic carbocycles. The molecule has 0 saturated carbocycles. The van der Waals surface area contributed by atoms with E-state index in [0.29, 0.717) is 12.0 Å². The van der Waals surface area contributed by atoms with Crippen LogP contribution in [0.5, 0.6) is 5.75 Å². The lowest BCUT2D eigenvalue weighted by molar-refractivity contribution is -0.145. The Hall–Kier alpha value is -3.30. The molecule has 2 unspecified atom stereocenters. The highest BCUT2D eigenvalue weighted by atomic mass is 16.6. The average Bonchev–Trinajstić information content (AvgIpc) is 2.86. The Morgan fingerprint density at radius 1 is 0.974 bits per heavy atom. The average molecular weight is 550 g/mol. The number of methoxy groups -OCH3 is 1. The Kier molecular flexibility index (Phi) is 14.4. The molecule has 3 N–H and O–H groups in total. The van der Waals surface area contributed by atoms with E-state index in [4.69, 9.17) is 4.74 Å². The highest BCUT2D eigenvalue weighted by Crippen LogP contribution is 2.26. The second-order valence-electron chi connectivity index (χ2n) is 11.0. The molecule has 220 valence electrons. The molecule has 1 rings (SSSR count). The van der Waals surface area contributed by atoms with Crippen molar-refractivity contribution in [2.24, 2.45) is 5.92 Å².